The molecule has 4 N–H and O–H groups in total. The highest BCUT2D eigenvalue weighted by Crippen LogP contribution is 2.16. The van der Waals surface area contributed by atoms with Gasteiger partial charge in [-0.25, -0.2) is 14.2 Å². The molecule has 1 amide bonds. The molecule has 0 aliphatic rings. The van der Waals surface area contributed by atoms with Crippen LogP contribution in [0.15, 0.2) is 33.9 Å². The molecular weight excluding hydrogens is 354 g/mol. The largest absolute Gasteiger partial charge is 0.480 e. The summed E-state index contributed by atoms with van der Waals surface area (Å²) in [5.41, 5.74) is -1.05. The highest BCUT2D eigenvalue weighted by molar-refractivity contribution is 5.86. The van der Waals surface area contributed by atoms with E-state index in [2.05, 4.69) is 10.3 Å². The number of nitrogens with one attached hydrogen (secondary N) is 2. The summed E-state index contributed by atoms with van der Waals surface area (Å²) in [6, 6.07) is 3.64. The highest BCUT2D eigenvalue weighted by Gasteiger charge is 2.31. The molecule has 27 heavy (non-hydrogen) atoms. The number of carboxylic acids is 1. The summed E-state index contributed by atoms with van der Waals surface area (Å²) in [6.07, 6.45) is -1.21. The van der Waals surface area contributed by atoms with Crippen LogP contribution in [-0.2, 0) is 9.59 Å². The van der Waals surface area contributed by atoms with E-state index in [4.69, 9.17) is 5.11 Å². The topological polar surface area (TPSA) is 141 Å². The number of amides is 1. The molecule has 3 atom stereocenters. The fourth-order valence-electron chi connectivity index (χ4n) is 2.87. The Hall–Kier alpha value is -2.94. The van der Waals surface area contributed by atoms with Gasteiger partial charge in [-0.15, -0.1) is 0 Å². The number of aromatic nitrogens is 2. The zero-order valence-corrected chi connectivity index (χ0v) is 15.3. The normalized spacial score (nSPS) is 14.7. The van der Waals surface area contributed by atoms with E-state index in [0.29, 0.717) is 5.52 Å². The molecule has 146 valence electrons. The van der Waals surface area contributed by atoms with Crippen molar-refractivity contribution in [2.75, 3.05) is 0 Å². The van der Waals surface area contributed by atoms with Crippen molar-refractivity contribution in [1.29, 1.82) is 0 Å². The van der Waals surface area contributed by atoms with Gasteiger partial charge in [0.2, 0.25) is 5.91 Å². The van der Waals surface area contributed by atoms with Crippen molar-refractivity contribution in [3.05, 3.63) is 45.1 Å². The van der Waals surface area contributed by atoms with Crippen LogP contribution in [0.4, 0.5) is 0 Å². The standard InChI is InChI=1S/C18H23N3O6/c1-9(2)8-13(15(23)20-14(10(3)22)17(25)26)21-16(24)11-6-4-5-7-12(11)19-18(21)27/h4-7,9-10,13-14,22H,8H2,1-3H3,(H,19,27)(H,20,23)(H,25,26)/t10?,13-,14+/m0/s1. The molecule has 0 bridgehead atoms. The lowest BCUT2D eigenvalue weighted by atomic mass is 10.0. The Morgan fingerprint density at radius 3 is 2.37 bits per heavy atom. The first-order valence-corrected chi connectivity index (χ1v) is 8.58. The number of aliphatic hydroxyl groups excluding tert-OH is 1. The fraction of sp³-hybridized carbons (Fsp3) is 0.444. The second-order valence-electron chi connectivity index (χ2n) is 6.86. The van der Waals surface area contributed by atoms with Gasteiger partial charge in [0, 0.05) is 0 Å². The number of aromatic amines is 1. The van der Waals surface area contributed by atoms with Crippen molar-refractivity contribution >= 4 is 22.8 Å². The summed E-state index contributed by atoms with van der Waals surface area (Å²) < 4.78 is 0.804. The monoisotopic (exact) mass is 377 g/mol. The molecule has 0 aliphatic carbocycles. The summed E-state index contributed by atoms with van der Waals surface area (Å²) in [6.45, 7) is 4.85. The van der Waals surface area contributed by atoms with Crippen LogP contribution in [0.2, 0.25) is 0 Å². The molecule has 9 heteroatoms. The molecule has 0 radical (unpaired) electrons. The Balaban J connectivity index is 2.56. The number of carbonyl (C=O) groups is 2. The average molecular weight is 377 g/mol. The van der Waals surface area contributed by atoms with Gasteiger partial charge in [-0.1, -0.05) is 26.0 Å². The molecule has 2 rings (SSSR count). The van der Waals surface area contributed by atoms with Crippen LogP contribution in [0.3, 0.4) is 0 Å². The summed E-state index contributed by atoms with van der Waals surface area (Å²) in [4.78, 5) is 51.9. The number of hydrogen-bond acceptors (Lipinski definition) is 5. The van der Waals surface area contributed by atoms with Crippen LogP contribution in [0.25, 0.3) is 10.9 Å². The molecular formula is C18H23N3O6. The van der Waals surface area contributed by atoms with E-state index in [-0.39, 0.29) is 17.7 Å². The molecule has 2 aromatic rings. The molecule has 9 nitrogen and oxygen atoms in total. The number of nitrogens with zero attached hydrogens (tertiary/aromatic N) is 1. The maximum absolute atomic E-state index is 12.8. The van der Waals surface area contributed by atoms with Gasteiger partial charge in [0.1, 0.15) is 6.04 Å². The van der Waals surface area contributed by atoms with Crippen molar-refractivity contribution in [2.24, 2.45) is 5.92 Å². The number of aliphatic hydroxyl groups is 1. The van der Waals surface area contributed by atoms with Crippen molar-refractivity contribution in [3.63, 3.8) is 0 Å². The maximum atomic E-state index is 12.8. The summed E-state index contributed by atoms with van der Waals surface area (Å²) in [5, 5.41) is 21.2. The molecule has 0 fully saturated rings. The lowest BCUT2D eigenvalue weighted by molar-refractivity contribution is -0.145. The first-order chi connectivity index (χ1) is 12.6. The van der Waals surface area contributed by atoms with Gasteiger partial charge in [-0.2, -0.15) is 0 Å². The van der Waals surface area contributed by atoms with Gasteiger partial charge < -0.3 is 20.5 Å². The number of benzene rings is 1. The third kappa shape index (κ3) is 4.43. The first-order valence-electron chi connectivity index (χ1n) is 8.58. The van der Waals surface area contributed by atoms with Crippen LogP contribution < -0.4 is 16.6 Å². The summed E-state index contributed by atoms with van der Waals surface area (Å²) in [7, 11) is 0. The number of H-pyrrole nitrogens is 1. The van der Waals surface area contributed by atoms with Gasteiger partial charge in [0.15, 0.2) is 6.04 Å². The molecule has 1 aromatic carbocycles. The van der Waals surface area contributed by atoms with Gasteiger partial charge in [0.05, 0.1) is 17.0 Å². The van der Waals surface area contributed by atoms with Gasteiger partial charge in [-0.05, 0) is 31.4 Å². The molecule has 0 saturated carbocycles. The number of carbonyl (C=O) groups excluding carboxylic acids is 1. The minimum absolute atomic E-state index is 0.0617. The Kier molecular flexibility index (Phi) is 6.17. The van der Waals surface area contributed by atoms with Crippen LogP contribution in [-0.4, -0.2) is 43.8 Å². The van der Waals surface area contributed by atoms with E-state index in [1.54, 1.807) is 18.2 Å². The van der Waals surface area contributed by atoms with E-state index in [1.807, 2.05) is 13.8 Å². The Labute approximate surface area is 154 Å². The van der Waals surface area contributed by atoms with Gasteiger partial charge in [0.25, 0.3) is 5.56 Å². The number of hydrogen-bond donors (Lipinski definition) is 4. The van der Waals surface area contributed by atoms with Gasteiger partial charge in [-0.3, -0.25) is 9.59 Å². The lowest BCUT2D eigenvalue weighted by Gasteiger charge is -2.24. The molecule has 1 heterocycles. The van der Waals surface area contributed by atoms with Crippen molar-refractivity contribution in [3.8, 4) is 0 Å². The maximum Gasteiger partial charge on any atom is 0.329 e. The smallest absolute Gasteiger partial charge is 0.329 e. The van der Waals surface area contributed by atoms with E-state index in [1.165, 1.54) is 13.0 Å². The molecule has 1 unspecified atom stereocenters. The predicted octanol–water partition coefficient (Wildman–Crippen LogP) is 0.227. The van der Waals surface area contributed by atoms with E-state index in [0.717, 1.165) is 4.57 Å². The number of aliphatic carboxylic acids is 1. The van der Waals surface area contributed by atoms with Crippen molar-refractivity contribution in [2.45, 2.75) is 45.4 Å². The summed E-state index contributed by atoms with van der Waals surface area (Å²) >= 11 is 0. The van der Waals surface area contributed by atoms with Crippen molar-refractivity contribution < 1.29 is 19.8 Å². The zero-order chi connectivity index (χ0) is 20.3. The minimum Gasteiger partial charge on any atom is -0.480 e. The second-order valence-corrected chi connectivity index (χ2v) is 6.86. The minimum atomic E-state index is -1.55. The van der Waals surface area contributed by atoms with Gasteiger partial charge >= 0.3 is 11.7 Å². The van der Waals surface area contributed by atoms with Crippen LogP contribution in [0.1, 0.15) is 33.2 Å². The van der Waals surface area contributed by atoms with Crippen LogP contribution in [0, 0.1) is 5.92 Å². The van der Waals surface area contributed by atoms with Crippen LogP contribution >= 0.6 is 0 Å². The predicted molar refractivity (Wildman–Crippen MR) is 98.6 cm³/mol. The second kappa shape index (κ2) is 8.17. The number of carboxylic acid groups (broad SMARTS) is 1. The number of fused-ring (bicyclic) bond motifs is 1. The number of para-hydroxylation sites is 1. The SMILES string of the molecule is CC(C)C[C@@H](C(=O)N[C@@H](C(=O)O)C(C)O)n1c(=O)[nH]c2ccccc2c1=O. The molecule has 0 saturated heterocycles. The van der Waals surface area contributed by atoms with Crippen LogP contribution in [0.5, 0.6) is 0 Å². The fourth-order valence-corrected chi connectivity index (χ4v) is 2.87. The van der Waals surface area contributed by atoms with E-state index < -0.39 is 41.3 Å². The third-order valence-electron chi connectivity index (χ3n) is 4.19. The Morgan fingerprint density at radius 1 is 1.19 bits per heavy atom. The first kappa shape index (κ1) is 20.4. The lowest BCUT2D eigenvalue weighted by Crippen LogP contribution is -2.52. The zero-order valence-electron chi connectivity index (χ0n) is 15.3. The summed E-state index contributed by atoms with van der Waals surface area (Å²) in [5.74, 6) is -2.30. The van der Waals surface area contributed by atoms with E-state index in [9.17, 15) is 24.3 Å². The molecule has 1 aromatic heterocycles. The average Bonchev–Trinajstić information content (AvgIpc) is 2.57. The molecule has 0 aliphatic heterocycles. The molecule has 0 spiro atoms. The van der Waals surface area contributed by atoms with E-state index >= 15 is 0 Å². The quantitative estimate of drug-likeness (QED) is 0.544. The highest BCUT2D eigenvalue weighted by atomic mass is 16.4. The van der Waals surface area contributed by atoms with Crippen molar-refractivity contribution in [1.82, 2.24) is 14.9 Å². The third-order valence-corrected chi connectivity index (χ3v) is 4.19. The number of rotatable bonds is 7. The Morgan fingerprint density at radius 2 is 1.81 bits per heavy atom. The Bertz CT molecular complexity index is 959.